The Balaban J connectivity index is 0.00000208. The van der Waals surface area contributed by atoms with E-state index >= 15 is 0 Å². The highest BCUT2D eigenvalue weighted by Gasteiger charge is 2.43. The molecule has 2 aliphatic rings. The van der Waals surface area contributed by atoms with E-state index in [0.717, 1.165) is 30.5 Å². The van der Waals surface area contributed by atoms with Crippen LogP contribution in [0.5, 0.6) is 0 Å². The summed E-state index contributed by atoms with van der Waals surface area (Å²) in [6.07, 6.45) is 6.12. The summed E-state index contributed by atoms with van der Waals surface area (Å²) >= 11 is 1.56. The van der Waals surface area contributed by atoms with Crippen LogP contribution in [-0.4, -0.2) is 54.1 Å². The van der Waals surface area contributed by atoms with E-state index in [-0.39, 0.29) is 24.4 Å². The van der Waals surface area contributed by atoms with Crippen LogP contribution < -0.4 is 10.2 Å². The van der Waals surface area contributed by atoms with Crippen molar-refractivity contribution in [1.82, 2.24) is 15.3 Å². The maximum absolute atomic E-state index is 12.0. The van der Waals surface area contributed by atoms with Gasteiger partial charge in [-0.05, 0) is 25.0 Å². The van der Waals surface area contributed by atoms with Gasteiger partial charge in [0.2, 0.25) is 5.91 Å². The number of ether oxygens (including phenoxy) is 1. The number of anilines is 1. The first-order chi connectivity index (χ1) is 11.2. The number of aromatic nitrogens is 2. The number of carbonyl (C=O) groups is 1. The van der Waals surface area contributed by atoms with Crippen LogP contribution in [-0.2, 0) is 16.1 Å². The number of hydrogen-bond donors (Lipinski definition) is 1. The number of nitrogens with one attached hydrogen (secondary N) is 1. The lowest BCUT2D eigenvalue weighted by molar-refractivity contribution is -0.119. The van der Waals surface area contributed by atoms with Gasteiger partial charge in [0.1, 0.15) is 12.1 Å². The molecular formula is C16H25ClN4O2S. The minimum atomic E-state index is 0. The third kappa shape index (κ3) is 4.74. The zero-order chi connectivity index (χ0) is 16.2. The Morgan fingerprint density at radius 3 is 2.88 bits per heavy atom. The Hall–Kier alpha value is -1.05. The van der Waals surface area contributed by atoms with Crippen LogP contribution in [0.25, 0.3) is 0 Å². The Morgan fingerprint density at radius 1 is 1.42 bits per heavy atom. The van der Waals surface area contributed by atoms with Crippen LogP contribution >= 0.6 is 24.2 Å². The van der Waals surface area contributed by atoms with Crippen LogP contribution in [0, 0.1) is 11.8 Å². The topological polar surface area (TPSA) is 67.3 Å². The average Bonchev–Trinajstić information content (AvgIpc) is 3.29. The summed E-state index contributed by atoms with van der Waals surface area (Å²) in [6, 6.07) is 2.21. The Kier molecular flexibility index (Phi) is 7.13. The van der Waals surface area contributed by atoms with Crippen molar-refractivity contribution in [3.05, 3.63) is 18.1 Å². The Labute approximate surface area is 153 Å². The lowest BCUT2D eigenvalue weighted by Gasteiger charge is -2.19. The molecular weight excluding hydrogens is 348 g/mol. The fourth-order valence-corrected chi connectivity index (χ4v) is 3.68. The number of halogens is 1. The van der Waals surface area contributed by atoms with Crippen molar-refractivity contribution < 1.29 is 9.53 Å². The highest BCUT2D eigenvalue weighted by Crippen LogP contribution is 2.42. The van der Waals surface area contributed by atoms with E-state index in [4.69, 9.17) is 4.74 Å². The molecule has 2 heterocycles. The number of nitrogens with zero attached hydrogens (tertiary/aromatic N) is 3. The van der Waals surface area contributed by atoms with Gasteiger partial charge in [-0.25, -0.2) is 9.97 Å². The average molecular weight is 373 g/mol. The van der Waals surface area contributed by atoms with Crippen molar-refractivity contribution in [2.45, 2.75) is 25.5 Å². The molecule has 1 aliphatic heterocycles. The molecule has 24 heavy (non-hydrogen) atoms. The van der Waals surface area contributed by atoms with Crippen molar-refractivity contribution in [2.75, 3.05) is 37.1 Å². The van der Waals surface area contributed by atoms with E-state index in [1.807, 2.05) is 12.3 Å². The van der Waals surface area contributed by atoms with Gasteiger partial charge >= 0.3 is 0 Å². The zero-order valence-electron chi connectivity index (χ0n) is 14.1. The maximum Gasteiger partial charge on any atom is 0.230 e. The number of hydrogen-bond acceptors (Lipinski definition) is 6. The van der Waals surface area contributed by atoms with Gasteiger partial charge in [0.05, 0.1) is 24.1 Å². The lowest BCUT2D eigenvalue weighted by Crippen LogP contribution is -2.42. The van der Waals surface area contributed by atoms with E-state index in [0.29, 0.717) is 18.3 Å². The van der Waals surface area contributed by atoms with Crippen molar-refractivity contribution in [2.24, 2.45) is 11.8 Å². The van der Waals surface area contributed by atoms with Crippen LogP contribution in [0.3, 0.4) is 0 Å². The summed E-state index contributed by atoms with van der Waals surface area (Å²) in [6.45, 7) is 2.27. The van der Waals surface area contributed by atoms with Gasteiger partial charge in [0.15, 0.2) is 0 Å². The van der Waals surface area contributed by atoms with Crippen molar-refractivity contribution in [3.8, 4) is 0 Å². The minimum absolute atomic E-state index is 0. The van der Waals surface area contributed by atoms with Gasteiger partial charge in [-0.15, -0.1) is 12.4 Å². The summed E-state index contributed by atoms with van der Waals surface area (Å²) in [5.41, 5.74) is 0.885. The molecule has 1 saturated heterocycles. The molecule has 0 radical (unpaired) electrons. The highest BCUT2D eigenvalue weighted by molar-refractivity contribution is 7.99. The number of amides is 1. The first-order valence-corrected chi connectivity index (χ1v) is 9.43. The Morgan fingerprint density at radius 2 is 2.21 bits per heavy atom. The second-order valence-corrected chi connectivity index (χ2v) is 7.18. The molecule has 1 aliphatic carbocycles. The SMILES string of the molecule is COCc1cc(N2C[C@H](NC(=O)CSC)[C@@H](C3CC3)C2)ncn1.Cl. The van der Waals surface area contributed by atoms with Gasteiger partial charge in [-0.3, -0.25) is 4.79 Å². The van der Waals surface area contributed by atoms with Gasteiger partial charge in [0, 0.05) is 32.2 Å². The van der Waals surface area contributed by atoms with E-state index in [2.05, 4.69) is 20.2 Å². The monoisotopic (exact) mass is 372 g/mol. The quantitative estimate of drug-likeness (QED) is 0.786. The van der Waals surface area contributed by atoms with Crippen LogP contribution in [0.2, 0.25) is 0 Å². The fourth-order valence-electron chi connectivity index (χ4n) is 3.34. The molecule has 2 atom stereocenters. The normalized spacial score (nSPS) is 23.0. The van der Waals surface area contributed by atoms with Crippen LogP contribution in [0.4, 0.5) is 5.82 Å². The van der Waals surface area contributed by atoms with Crippen molar-refractivity contribution in [1.29, 1.82) is 0 Å². The molecule has 3 rings (SSSR count). The van der Waals surface area contributed by atoms with Gasteiger partial charge in [-0.2, -0.15) is 11.8 Å². The number of thioether (sulfide) groups is 1. The number of carbonyl (C=O) groups excluding carboxylic acids is 1. The second-order valence-electron chi connectivity index (χ2n) is 6.31. The molecule has 0 aromatic carbocycles. The largest absolute Gasteiger partial charge is 0.378 e. The van der Waals surface area contributed by atoms with Crippen LogP contribution in [0.1, 0.15) is 18.5 Å². The highest BCUT2D eigenvalue weighted by atomic mass is 35.5. The maximum atomic E-state index is 12.0. The van der Waals surface area contributed by atoms with E-state index in [1.54, 1.807) is 25.2 Å². The molecule has 1 aromatic heterocycles. The minimum Gasteiger partial charge on any atom is -0.378 e. The van der Waals surface area contributed by atoms with Gasteiger partial charge in [0.25, 0.3) is 0 Å². The molecule has 1 amide bonds. The van der Waals surface area contributed by atoms with Crippen LogP contribution in [0.15, 0.2) is 12.4 Å². The molecule has 0 spiro atoms. The van der Waals surface area contributed by atoms with Crippen molar-refractivity contribution in [3.63, 3.8) is 0 Å². The van der Waals surface area contributed by atoms with Gasteiger partial charge in [-0.1, -0.05) is 0 Å². The number of methoxy groups -OCH3 is 1. The smallest absolute Gasteiger partial charge is 0.230 e. The predicted octanol–water partition coefficient (Wildman–Crippen LogP) is 1.74. The molecule has 1 saturated carbocycles. The number of rotatable bonds is 7. The molecule has 1 aromatic rings. The summed E-state index contributed by atoms with van der Waals surface area (Å²) in [7, 11) is 1.66. The van der Waals surface area contributed by atoms with E-state index < -0.39 is 0 Å². The third-order valence-corrected chi connectivity index (χ3v) is 5.09. The van der Waals surface area contributed by atoms with E-state index in [1.165, 1.54) is 12.8 Å². The summed E-state index contributed by atoms with van der Waals surface area (Å²) in [5, 5.41) is 3.22. The third-order valence-electron chi connectivity index (χ3n) is 4.54. The molecule has 6 nitrogen and oxygen atoms in total. The zero-order valence-corrected chi connectivity index (χ0v) is 15.7. The standard InChI is InChI=1S/C16H24N4O2S.ClH/c1-22-8-12-5-15(18-10-17-12)20-6-13(11-3-4-11)14(7-20)19-16(21)9-23-2;/h5,10-11,13-14H,3-4,6-9H2,1-2H3,(H,19,21);1H/t13-,14+;/m1./s1. The molecule has 0 unspecified atom stereocenters. The first kappa shape index (κ1) is 19.3. The summed E-state index contributed by atoms with van der Waals surface area (Å²) in [5.74, 6) is 2.87. The molecule has 2 fully saturated rings. The van der Waals surface area contributed by atoms with E-state index in [9.17, 15) is 4.79 Å². The summed E-state index contributed by atoms with van der Waals surface area (Å²) in [4.78, 5) is 22.9. The molecule has 134 valence electrons. The summed E-state index contributed by atoms with van der Waals surface area (Å²) < 4.78 is 5.15. The fraction of sp³-hybridized carbons (Fsp3) is 0.688. The van der Waals surface area contributed by atoms with Gasteiger partial charge < -0.3 is 15.0 Å². The lowest BCUT2D eigenvalue weighted by atomic mass is 9.98. The predicted molar refractivity (Wildman–Crippen MR) is 98.7 cm³/mol. The molecule has 0 bridgehead atoms. The molecule has 8 heteroatoms. The van der Waals surface area contributed by atoms with Crippen molar-refractivity contribution >= 4 is 35.9 Å². The second kappa shape index (κ2) is 8.87. The first-order valence-electron chi connectivity index (χ1n) is 8.04. The molecule has 1 N–H and O–H groups in total. The Bertz CT molecular complexity index is 559.